The summed E-state index contributed by atoms with van der Waals surface area (Å²) in [5.74, 6) is -0.656. The number of ether oxygens (including phenoxy) is 2. The lowest BCUT2D eigenvalue weighted by Gasteiger charge is -2.15. The van der Waals surface area contributed by atoms with E-state index >= 15 is 0 Å². The molecule has 0 saturated carbocycles. The zero-order chi connectivity index (χ0) is 53.4. The van der Waals surface area contributed by atoms with Crippen molar-refractivity contribution in [2.75, 3.05) is 13.2 Å². The number of aliphatic hydroxyl groups excluding tert-OH is 1. The zero-order valence-electron chi connectivity index (χ0n) is 48.6. The van der Waals surface area contributed by atoms with E-state index in [-0.39, 0.29) is 31.6 Å². The van der Waals surface area contributed by atoms with Crippen LogP contribution in [0.15, 0.2) is 109 Å². The van der Waals surface area contributed by atoms with Gasteiger partial charge in [0.15, 0.2) is 6.10 Å². The quantitative estimate of drug-likeness (QED) is 0.0373. The lowest BCUT2D eigenvalue weighted by atomic mass is 10.0. The average Bonchev–Trinajstić information content (AvgIpc) is 3.40. The summed E-state index contributed by atoms with van der Waals surface area (Å²) >= 11 is 0. The van der Waals surface area contributed by atoms with Crippen molar-refractivity contribution in [3.05, 3.63) is 109 Å². The van der Waals surface area contributed by atoms with E-state index in [2.05, 4.69) is 123 Å². The molecule has 1 unspecified atom stereocenters. The third kappa shape index (κ3) is 61.1. The normalized spacial score (nSPS) is 13.0. The number of esters is 2. The summed E-state index contributed by atoms with van der Waals surface area (Å²) < 4.78 is 10.7. The number of rotatable bonds is 57. The van der Waals surface area contributed by atoms with Gasteiger partial charge in [-0.2, -0.15) is 0 Å². The van der Waals surface area contributed by atoms with Crippen molar-refractivity contribution in [1.29, 1.82) is 0 Å². The smallest absolute Gasteiger partial charge is 0.306 e. The maximum atomic E-state index is 12.3. The second-order valence-corrected chi connectivity index (χ2v) is 20.8. The Morgan fingerprint density at radius 2 is 0.581 bits per heavy atom. The van der Waals surface area contributed by atoms with E-state index < -0.39 is 6.10 Å². The van der Waals surface area contributed by atoms with Gasteiger partial charge in [-0.05, 0) is 77.0 Å². The summed E-state index contributed by atoms with van der Waals surface area (Å²) in [7, 11) is 0. The van der Waals surface area contributed by atoms with Crippen LogP contribution in [-0.4, -0.2) is 36.4 Å². The first-order valence-electron chi connectivity index (χ1n) is 31.4. The van der Waals surface area contributed by atoms with Crippen LogP contribution in [0.5, 0.6) is 0 Å². The first-order chi connectivity index (χ1) is 36.6. The molecule has 1 N–H and O–H groups in total. The second-order valence-electron chi connectivity index (χ2n) is 20.8. The first kappa shape index (κ1) is 70.6. The van der Waals surface area contributed by atoms with E-state index in [0.717, 1.165) is 83.5 Å². The van der Waals surface area contributed by atoms with Crippen LogP contribution in [0.2, 0.25) is 0 Å². The van der Waals surface area contributed by atoms with Crippen LogP contribution in [0, 0.1) is 0 Å². The summed E-state index contributed by atoms with van der Waals surface area (Å²) in [5, 5.41) is 9.66. The second kappa shape index (κ2) is 63.8. The third-order valence-corrected chi connectivity index (χ3v) is 13.6. The number of unbranched alkanes of at least 4 members (excludes halogenated alkanes) is 31. The fourth-order valence-corrected chi connectivity index (χ4v) is 8.91. The van der Waals surface area contributed by atoms with E-state index in [1.165, 1.54) is 180 Å². The number of carbonyl (C=O) groups excluding carboxylic acids is 2. The van der Waals surface area contributed by atoms with Crippen LogP contribution in [-0.2, 0) is 19.1 Å². The van der Waals surface area contributed by atoms with Gasteiger partial charge in [-0.1, -0.05) is 316 Å². The Kier molecular flexibility index (Phi) is 60.9. The van der Waals surface area contributed by atoms with E-state index in [1.54, 1.807) is 0 Å². The van der Waals surface area contributed by atoms with Gasteiger partial charge in [-0.3, -0.25) is 9.59 Å². The summed E-state index contributed by atoms with van der Waals surface area (Å²) in [6, 6.07) is 0. The van der Waals surface area contributed by atoms with Crippen molar-refractivity contribution >= 4 is 11.9 Å². The van der Waals surface area contributed by atoms with Gasteiger partial charge < -0.3 is 14.6 Å². The van der Waals surface area contributed by atoms with Crippen molar-refractivity contribution in [3.63, 3.8) is 0 Å². The van der Waals surface area contributed by atoms with Gasteiger partial charge in [0.2, 0.25) is 0 Å². The third-order valence-electron chi connectivity index (χ3n) is 13.6. The molecule has 0 aromatic carbocycles. The van der Waals surface area contributed by atoms with Gasteiger partial charge in [0, 0.05) is 12.8 Å². The van der Waals surface area contributed by atoms with Crippen LogP contribution < -0.4 is 0 Å². The maximum Gasteiger partial charge on any atom is 0.306 e. The van der Waals surface area contributed by atoms with Crippen LogP contribution in [0.1, 0.15) is 296 Å². The molecule has 424 valence electrons. The van der Waals surface area contributed by atoms with Gasteiger partial charge in [0.05, 0.1) is 6.61 Å². The lowest BCUT2D eigenvalue weighted by molar-refractivity contribution is -0.161. The highest BCUT2D eigenvalue weighted by Gasteiger charge is 2.16. The van der Waals surface area contributed by atoms with Crippen molar-refractivity contribution in [2.24, 2.45) is 0 Å². The van der Waals surface area contributed by atoms with Crippen molar-refractivity contribution in [1.82, 2.24) is 0 Å². The molecule has 0 aliphatic heterocycles. The van der Waals surface area contributed by atoms with Crippen LogP contribution in [0.3, 0.4) is 0 Å². The summed E-state index contributed by atoms with van der Waals surface area (Å²) in [6.07, 6.45) is 92.4. The standard InChI is InChI=1S/C69H118O5/c1-3-5-7-9-11-13-15-17-19-21-23-25-27-29-31-33-34-36-37-39-41-43-45-47-49-51-53-55-57-59-61-63-68(71)73-66-67(65-70)74-69(72)64-62-60-58-56-54-52-50-48-46-44-42-40-38-35-32-30-28-26-24-22-20-18-16-14-12-10-8-6-4-2/h6,8,12,14,18,20,24,26,30,32,38,40,44,46,50,52,56,58,67,70H,3-5,7,9-11,13,15-17,19,21-23,25,27-29,31,33-37,39,41-43,45,47-49,51,53-55,57,59-66H2,1-2H3/b8-6-,14-12-,20-18-,26-24-,32-30-,40-38-,46-44-,52-50-,58-56-. The van der Waals surface area contributed by atoms with E-state index in [1.807, 2.05) is 0 Å². The molecule has 0 rings (SSSR count). The highest BCUT2D eigenvalue weighted by atomic mass is 16.6. The number of hydrogen-bond donors (Lipinski definition) is 1. The SMILES string of the molecule is CC/C=C\C/C=C\C/C=C\C/C=C\C/C=C\C/C=C\C/C=C\C/C=C\C/C=C\CCCC(=O)OC(CO)COC(=O)CCCCCCCCCCCCCCCCCCCCCCCCCCCCCCCCC. The average molecular weight is 1030 g/mol. The van der Waals surface area contributed by atoms with E-state index in [0.29, 0.717) is 12.8 Å². The molecule has 0 radical (unpaired) electrons. The summed E-state index contributed by atoms with van der Waals surface area (Å²) in [4.78, 5) is 24.6. The molecular formula is C69H118O5. The Morgan fingerprint density at radius 3 is 0.865 bits per heavy atom. The zero-order valence-corrected chi connectivity index (χ0v) is 48.6. The van der Waals surface area contributed by atoms with Gasteiger partial charge in [-0.25, -0.2) is 0 Å². The maximum absolute atomic E-state index is 12.3. The molecule has 0 saturated heterocycles. The predicted molar refractivity (Wildman–Crippen MR) is 325 cm³/mol. The number of allylic oxidation sites excluding steroid dienone is 18. The Hall–Kier alpha value is -3.44. The molecule has 0 bridgehead atoms. The summed E-state index contributed by atoms with van der Waals surface area (Å²) in [5.41, 5.74) is 0. The van der Waals surface area contributed by atoms with E-state index in [4.69, 9.17) is 9.47 Å². The Morgan fingerprint density at radius 1 is 0.324 bits per heavy atom. The highest BCUT2D eigenvalue weighted by molar-refractivity contribution is 5.70. The largest absolute Gasteiger partial charge is 0.462 e. The molecule has 0 aliphatic rings. The number of aliphatic hydroxyl groups is 1. The predicted octanol–water partition coefficient (Wildman–Crippen LogP) is 21.6. The number of hydrogen-bond acceptors (Lipinski definition) is 5. The lowest BCUT2D eigenvalue weighted by Crippen LogP contribution is -2.28. The molecule has 0 amide bonds. The van der Waals surface area contributed by atoms with Crippen molar-refractivity contribution < 1.29 is 24.2 Å². The Balaban J connectivity index is 3.56. The van der Waals surface area contributed by atoms with Crippen LogP contribution >= 0.6 is 0 Å². The Labute approximate surface area is 459 Å². The number of carbonyl (C=O) groups is 2. The monoisotopic (exact) mass is 1030 g/mol. The fraction of sp³-hybridized carbons (Fsp3) is 0.710. The van der Waals surface area contributed by atoms with E-state index in [9.17, 15) is 14.7 Å². The minimum atomic E-state index is -0.810. The molecule has 0 heterocycles. The molecule has 0 aliphatic carbocycles. The molecule has 74 heavy (non-hydrogen) atoms. The molecule has 0 spiro atoms. The molecular weight excluding hydrogens is 909 g/mol. The highest BCUT2D eigenvalue weighted by Crippen LogP contribution is 2.17. The molecule has 5 heteroatoms. The Bertz CT molecular complexity index is 1440. The molecule has 0 aromatic heterocycles. The molecule has 5 nitrogen and oxygen atoms in total. The van der Waals surface area contributed by atoms with Gasteiger partial charge in [0.25, 0.3) is 0 Å². The van der Waals surface area contributed by atoms with Crippen molar-refractivity contribution in [3.8, 4) is 0 Å². The van der Waals surface area contributed by atoms with Crippen molar-refractivity contribution in [2.45, 2.75) is 302 Å². The van der Waals surface area contributed by atoms with Gasteiger partial charge in [0.1, 0.15) is 6.61 Å². The van der Waals surface area contributed by atoms with Crippen LogP contribution in [0.4, 0.5) is 0 Å². The molecule has 0 fully saturated rings. The topological polar surface area (TPSA) is 72.8 Å². The van der Waals surface area contributed by atoms with Gasteiger partial charge in [-0.15, -0.1) is 0 Å². The molecule has 0 aromatic rings. The van der Waals surface area contributed by atoms with Crippen LogP contribution in [0.25, 0.3) is 0 Å². The minimum Gasteiger partial charge on any atom is -0.462 e. The summed E-state index contributed by atoms with van der Waals surface area (Å²) in [6.45, 7) is 4.01. The fourth-order valence-electron chi connectivity index (χ4n) is 8.91. The van der Waals surface area contributed by atoms with Gasteiger partial charge >= 0.3 is 11.9 Å². The molecule has 1 atom stereocenters. The first-order valence-corrected chi connectivity index (χ1v) is 31.4. The minimum absolute atomic E-state index is 0.0926.